The third-order valence-electron chi connectivity index (χ3n) is 4.61. The van der Waals surface area contributed by atoms with E-state index in [1.54, 1.807) is 31.3 Å². The van der Waals surface area contributed by atoms with Crippen molar-refractivity contribution in [1.82, 2.24) is 10.3 Å². The van der Waals surface area contributed by atoms with Crippen molar-refractivity contribution >= 4 is 11.9 Å². The minimum Gasteiger partial charge on any atom is -0.464 e. The molecule has 0 saturated carbocycles. The Labute approximate surface area is 170 Å². The number of nitrogens with one attached hydrogen (secondary N) is 1. The number of carbonyl (C=O) groups excluding carboxylic acids is 2. The molecule has 1 aromatic heterocycles. The number of rotatable bonds is 8. The topological polar surface area (TPSA) is 68.3 Å². The lowest BCUT2D eigenvalue weighted by Crippen LogP contribution is -2.58. The van der Waals surface area contributed by atoms with Crippen LogP contribution in [0.5, 0.6) is 0 Å². The van der Waals surface area contributed by atoms with Gasteiger partial charge < -0.3 is 10.1 Å². The Kier molecular flexibility index (Phi) is 6.74. The summed E-state index contributed by atoms with van der Waals surface area (Å²) in [6.07, 6.45) is 2.16. The number of ether oxygens (including phenoxy) is 1. The van der Waals surface area contributed by atoms with Crippen LogP contribution in [-0.4, -0.2) is 29.0 Å². The Morgan fingerprint density at radius 2 is 1.41 bits per heavy atom. The molecule has 2 aromatic carbocycles. The van der Waals surface area contributed by atoms with Crippen molar-refractivity contribution in [2.45, 2.75) is 25.3 Å². The highest BCUT2D eigenvalue weighted by molar-refractivity contribution is 5.97. The summed E-state index contributed by atoms with van der Waals surface area (Å²) in [7, 11) is 0. The van der Waals surface area contributed by atoms with Crippen LogP contribution in [-0.2, 0) is 22.4 Å². The highest BCUT2D eigenvalue weighted by Gasteiger charge is 2.42. The van der Waals surface area contributed by atoms with E-state index in [1.165, 1.54) is 0 Å². The first-order valence-electron chi connectivity index (χ1n) is 9.61. The maximum absolute atomic E-state index is 13.2. The number of nitrogens with zero attached hydrogens (tertiary/aromatic N) is 1. The van der Waals surface area contributed by atoms with Crippen molar-refractivity contribution < 1.29 is 14.3 Å². The van der Waals surface area contributed by atoms with Gasteiger partial charge in [-0.05, 0) is 30.2 Å². The Morgan fingerprint density at radius 1 is 0.862 bits per heavy atom. The zero-order valence-corrected chi connectivity index (χ0v) is 16.4. The van der Waals surface area contributed by atoms with E-state index in [2.05, 4.69) is 10.3 Å². The second kappa shape index (κ2) is 9.64. The molecule has 0 radical (unpaired) electrons. The van der Waals surface area contributed by atoms with Gasteiger partial charge >= 0.3 is 5.97 Å². The summed E-state index contributed by atoms with van der Waals surface area (Å²) >= 11 is 0. The molecule has 1 N–H and O–H groups in total. The number of hydrogen-bond acceptors (Lipinski definition) is 4. The molecule has 0 saturated heterocycles. The molecule has 0 aliphatic rings. The van der Waals surface area contributed by atoms with Crippen molar-refractivity contribution in [2.75, 3.05) is 6.61 Å². The molecule has 5 heteroatoms. The van der Waals surface area contributed by atoms with Crippen LogP contribution < -0.4 is 5.32 Å². The lowest BCUT2D eigenvalue weighted by molar-refractivity contribution is -0.150. The lowest BCUT2D eigenvalue weighted by Gasteiger charge is -2.33. The minimum atomic E-state index is -1.26. The first-order chi connectivity index (χ1) is 14.1. The molecule has 3 aromatic rings. The smallest absolute Gasteiger partial charge is 0.332 e. The van der Waals surface area contributed by atoms with Gasteiger partial charge in [0.05, 0.1) is 6.61 Å². The standard InChI is InChI=1S/C24H24N2O3/c1-2-29-23(28)24(17-19-11-5-3-6-12-19,18-20-13-7-4-8-14-20)26-22(27)21-15-9-10-16-25-21/h3-16H,2,17-18H2,1H3,(H,26,27). The largest absolute Gasteiger partial charge is 0.464 e. The van der Waals surface area contributed by atoms with E-state index < -0.39 is 17.4 Å². The van der Waals surface area contributed by atoms with E-state index in [-0.39, 0.29) is 12.3 Å². The van der Waals surface area contributed by atoms with E-state index in [1.807, 2.05) is 60.7 Å². The van der Waals surface area contributed by atoms with Crippen molar-refractivity contribution in [3.8, 4) is 0 Å². The fourth-order valence-electron chi connectivity index (χ4n) is 3.28. The number of hydrogen-bond donors (Lipinski definition) is 1. The fraction of sp³-hybridized carbons (Fsp3) is 0.208. The van der Waals surface area contributed by atoms with Crippen LogP contribution in [0.1, 0.15) is 28.5 Å². The highest BCUT2D eigenvalue weighted by atomic mass is 16.5. The van der Waals surface area contributed by atoms with Gasteiger partial charge in [-0.25, -0.2) is 4.79 Å². The van der Waals surface area contributed by atoms with Gasteiger partial charge in [-0.2, -0.15) is 0 Å². The molecular formula is C24H24N2O3. The van der Waals surface area contributed by atoms with Gasteiger partial charge in [-0.1, -0.05) is 66.7 Å². The van der Waals surface area contributed by atoms with E-state index in [0.29, 0.717) is 12.8 Å². The molecule has 29 heavy (non-hydrogen) atoms. The Hall–Kier alpha value is -3.47. The highest BCUT2D eigenvalue weighted by Crippen LogP contribution is 2.22. The van der Waals surface area contributed by atoms with Gasteiger partial charge in [0, 0.05) is 19.0 Å². The summed E-state index contributed by atoms with van der Waals surface area (Å²) in [5.41, 5.74) is 0.853. The van der Waals surface area contributed by atoms with Crippen LogP contribution in [0.4, 0.5) is 0 Å². The van der Waals surface area contributed by atoms with Gasteiger partial charge in [0.2, 0.25) is 0 Å². The molecule has 1 heterocycles. The van der Waals surface area contributed by atoms with Crippen LogP contribution in [0.15, 0.2) is 85.1 Å². The molecule has 0 bridgehead atoms. The van der Waals surface area contributed by atoms with Gasteiger partial charge in [0.15, 0.2) is 0 Å². The van der Waals surface area contributed by atoms with Crippen LogP contribution in [0, 0.1) is 0 Å². The first-order valence-corrected chi connectivity index (χ1v) is 9.61. The minimum absolute atomic E-state index is 0.226. The molecule has 0 spiro atoms. The molecule has 148 valence electrons. The van der Waals surface area contributed by atoms with Crippen molar-refractivity contribution in [3.05, 3.63) is 102 Å². The van der Waals surface area contributed by atoms with E-state index in [4.69, 9.17) is 4.74 Å². The Bertz CT molecular complexity index is 887. The second-order valence-corrected chi connectivity index (χ2v) is 6.80. The monoisotopic (exact) mass is 388 g/mol. The predicted molar refractivity (Wildman–Crippen MR) is 111 cm³/mol. The molecule has 0 aliphatic carbocycles. The number of amides is 1. The summed E-state index contributed by atoms with van der Waals surface area (Å²) in [5.74, 6) is -0.873. The number of benzene rings is 2. The number of esters is 1. The normalized spacial score (nSPS) is 10.9. The molecule has 0 unspecified atom stereocenters. The van der Waals surface area contributed by atoms with E-state index in [9.17, 15) is 9.59 Å². The average Bonchev–Trinajstić information content (AvgIpc) is 2.76. The molecule has 0 aliphatic heterocycles. The van der Waals surface area contributed by atoms with Gasteiger partial charge in [-0.15, -0.1) is 0 Å². The van der Waals surface area contributed by atoms with Gasteiger partial charge in [0.1, 0.15) is 11.2 Å². The quantitative estimate of drug-likeness (QED) is 0.599. The maximum atomic E-state index is 13.2. The molecule has 0 fully saturated rings. The summed E-state index contributed by atoms with van der Waals surface area (Å²) in [4.78, 5) is 30.3. The second-order valence-electron chi connectivity index (χ2n) is 6.80. The van der Waals surface area contributed by atoms with Crippen molar-refractivity contribution in [1.29, 1.82) is 0 Å². The summed E-state index contributed by atoms with van der Waals surface area (Å²) in [5, 5.41) is 2.95. The number of carbonyl (C=O) groups is 2. The fourth-order valence-corrected chi connectivity index (χ4v) is 3.28. The lowest BCUT2D eigenvalue weighted by atomic mass is 9.84. The molecule has 1 amide bonds. The number of aromatic nitrogens is 1. The number of pyridine rings is 1. The zero-order valence-electron chi connectivity index (χ0n) is 16.4. The van der Waals surface area contributed by atoms with Crippen LogP contribution in [0.25, 0.3) is 0 Å². The summed E-state index contributed by atoms with van der Waals surface area (Å²) in [6.45, 7) is 1.98. The van der Waals surface area contributed by atoms with Gasteiger partial charge in [0.25, 0.3) is 5.91 Å². The predicted octanol–water partition coefficient (Wildman–Crippen LogP) is 3.60. The average molecular weight is 388 g/mol. The third-order valence-corrected chi connectivity index (χ3v) is 4.61. The SMILES string of the molecule is CCOC(=O)C(Cc1ccccc1)(Cc1ccccc1)NC(=O)c1ccccn1. The van der Waals surface area contributed by atoms with Crippen molar-refractivity contribution in [3.63, 3.8) is 0 Å². The van der Waals surface area contributed by atoms with Crippen LogP contribution in [0.2, 0.25) is 0 Å². The maximum Gasteiger partial charge on any atom is 0.332 e. The van der Waals surface area contributed by atoms with E-state index >= 15 is 0 Å². The Balaban J connectivity index is 2.01. The third kappa shape index (κ3) is 5.29. The molecule has 0 atom stereocenters. The molecule has 5 nitrogen and oxygen atoms in total. The molecular weight excluding hydrogens is 364 g/mol. The Morgan fingerprint density at radius 3 is 1.90 bits per heavy atom. The van der Waals surface area contributed by atoms with Crippen LogP contribution >= 0.6 is 0 Å². The summed E-state index contributed by atoms with van der Waals surface area (Å²) in [6, 6.07) is 24.3. The van der Waals surface area contributed by atoms with E-state index in [0.717, 1.165) is 11.1 Å². The molecule has 3 rings (SSSR count). The van der Waals surface area contributed by atoms with Crippen molar-refractivity contribution in [2.24, 2.45) is 0 Å². The first kappa shape index (κ1) is 20.3. The zero-order chi connectivity index (χ0) is 20.5. The van der Waals surface area contributed by atoms with Gasteiger partial charge in [-0.3, -0.25) is 9.78 Å². The summed E-state index contributed by atoms with van der Waals surface area (Å²) < 4.78 is 5.41. The van der Waals surface area contributed by atoms with Crippen LogP contribution in [0.3, 0.4) is 0 Å².